The van der Waals surface area contributed by atoms with Gasteiger partial charge in [-0.1, -0.05) is 28.4 Å². The van der Waals surface area contributed by atoms with Gasteiger partial charge in [-0.25, -0.2) is 9.75 Å². The molecule has 3 heterocycles. The molecule has 3 aromatic rings. The first-order valence-electron chi connectivity index (χ1n) is 8.79. The monoisotopic (exact) mass is 453 g/mol. The van der Waals surface area contributed by atoms with E-state index in [0.717, 1.165) is 5.56 Å². The minimum atomic E-state index is -1.03. The van der Waals surface area contributed by atoms with E-state index in [1.54, 1.807) is 48.5 Å². The first-order valence-corrected chi connectivity index (χ1v) is 9.54. The van der Waals surface area contributed by atoms with E-state index in [9.17, 15) is 9.90 Å². The summed E-state index contributed by atoms with van der Waals surface area (Å²) in [6.07, 6.45) is 5.13. The minimum absolute atomic E-state index is 0.0629. The number of aromatic nitrogens is 5. The summed E-state index contributed by atoms with van der Waals surface area (Å²) in [6, 6.07) is 4.17. The molecule has 1 aliphatic rings. The third-order valence-corrected chi connectivity index (χ3v) is 4.83. The van der Waals surface area contributed by atoms with Crippen LogP contribution in [0.2, 0.25) is 10.2 Å². The molecule has 2 aromatic heterocycles. The third-order valence-electron chi connectivity index (χ3n) is 4.42. The molecule has 11 nitrogen and oxygen atoms in total. The van der Waals surface area contributed by atoms with E-state index >= 15 is 0 Å². The number of aliphatic carboxylic acids is 1. The Morgan fingerprint density at radius 3 is 2.67 bits per heavy atom. The van der Waals surface area contributed by atoms with E-state index in [2.05, 4.69) is 15.4 Å². The van der Waals surface area contributed by atoms with Crippen LogP contribution >= 0.6 is 23.2 Å². The van der Waals surface area contributed by atoms with Gasteiger partial charge in [0.15, 0.2) is 18.6 Å². The van der Waals surface area contributed by atoms with E-state index in [1.165, 1.54) is 14.8 Å². The van der Waals surface area contributed by atoms with Crippen LogP contribution in [0.4, 0.5) is 5.69 Å². The maximum Gasteiger partial charge on any atom is 0.323 e. The molecule has 4 rings (SSSR count). The number of halogens is 2. The lowest BCUT2D eigenvalue weighted by atomic mass is 10.1. The Bertz CT molecular complexity index is 1050. The molecule has 30 heavy (non-hydrogen) atoms. The molecule has 1 N–H and O–H groups in total. The summed E-state index contributed by atoms with van der Waals surface area (Å²) in [5.41, 5.74) is 1.94. The van der Waals surface area contributed by atoms with Gasteiger partial charge in [-0.2, -0.15) is 5.10 Å². The van der Waals surface area contributed by atoms with Crippen LogP contribution in [-0.4, -0.2) is 60.4 Å². The zero-order valence-corrected chi connectivity index (χ0v) is 17.2. The number of aryl methyl sites for hydroxylation is 1. The number of hydrogen-bond acceptors (Lipinski definition) is 8. The minimum Gasteiger partial charge on any atom is -0.480 e. The summed E-state index contributed by atoms with van der Waals surface area (Å²) in [7, 11) is 1.77. The van der Waals surface area contributed by atoms with Crippen molar-refractivity contribution in [2.45, 2.75) is 12.5 Å². The van der Waals surface area contributed by atoms with E-state index in [-0.39, 0.29) is 25.0 Å². The quantitative estimate of drug-likeness (QED) is 0.597. The molecule has 1 unspecified atom stereocenters. The lowest BCUT2D eigenvalue weighted by molar-refractivity contribution is -0.282. The first-order chi connectivity index (χ1) is 14.4. The van der Waals surface area contributed by atoms with Gasteiger partial charge < -0.3 is 5.11 Å². The molecule has 0 bridgehead atoms. The van der Waals surface area contributed by atoms with Gasteiger partial charge in [0.05, 0.1) is 23.8 Å². The number of rotatable bonds is 6. The number of carboxylic acids is 1. The second-order valence-corrected chi connectivity index (χ2v) is 7.33. The fourth-order valence-corrected chi connectivity index (χ4v) is 3.30. The number of hydrogen-bond donors (Lipinski definition) is 1. The fourth-order valence-electron chi connectivity index (χ4n) is 3.01. The molecule has 1 atom stereocenters. The summed E-state index contributed by atoms with van der Waals surface area (Å²) < 4.78 is 3.09. The Labute approximate surface area is 180 Å². The Hall–Kier alpha value is -2.70. The lowest BCUT2D eigenvalue weighted by Gasteiger charge is -2.37. The predicted molar refractivity (Wildman–Crippen MR) is 106 cm³/mol. The summed E-state index contributed by atoms with van der Waals surface area (Å²) in [5.74, 6) is -1.03. The molecule has 0 spiro atoms. The standard InChI is InChI=1S/C17H17Cl2N7O4/c1-23-7-11(6-20-23)4-15(17(27)28)26-10-29-25(9-30-26)14-5-12(18)2-3-13(14)24-8-16(19)21-22-24/h2-3,5-8,15H,4,9-10H2,1H3,(H,27,28). The zero-order valence-electron chi connectivity index (χ0n) is 15.7. The van der Waals surface area contributed by atoms with Crippen molar-refractivity contribution in [3.8, 4) is 5.69 Å². The molecule has 1 fully saturated rings. The molecule has 1 aromatic carbocycles. The highest BCUT2D eigenvalue weighted by molar-refractivity contribution is 6.31. The van der Waals surface area contributed by atoms with Crippen molar-refractivity contribution in [3.05, 3.63) is 52.5 Å². The second-order valence-electron chi connectivity index (χ2n) is 6.51. The van der Waals surface area contributed by atoms with Gasteiger partial charge in [0.2, 0.25) is 0 Å². The van der Waals surface area contributed by atoms with Crippen LogP contribution in [-0.2, 0) is 27.9 Å². The maximum atomic E-state index is 11.8. The van der Waals surface area contributed by atoms with Gasteiger partial charge in [0.1, 0.15) is 6.04 Å². The molecule has 1 saturated heterocycles. The van der Waals surface area contributed by atoms with Crippen LogP contribution in [0.5, 0.6) is 0 Å². The molecule has 0 amide bonds. The highest BCUT2D eigenvalue weighted by Crippen LogP contribution is 2.30. The molecule has 0 radical (unpaired) electrons. The van der Waals surface area contributed by atoms with E-state index < -0.39 is 12.0 Å². The number of hydroxylamine groups is 3. The SMILES string of the molecule is Cn1cc(CC(C(=O)O)N2CON(c3cc(Cl)ccc3-n3cc(Cl)nn3)CO2)cn1. The van der Waals surface area contributed by atoms with Crippen LogP contribution in [0.3, 0.4) is 0 Å². The normalized spacial score (nSPS) is 16.0. The topological polar surface area (TPSA) is 111 Å². The number of benzene rings is 1. The molecule has 13 heteroatoms. The number of anilines is 1. The van der Waals surface area contributed by atoms with Crippen molar-refractivity contribution in [2.75, 3.05) is 18.5 Å². The van der Waals surface area contributed by atoms with Crippen molar-refractivity contribution < 1.29 is 19.6 Å². The Kier molecular flexibility index (Phi) is 5.88. The van der Waals surface area contributed by atoms with Gasteiger partial charge in [0.25, 0.3) is 0 Å². The molecular formula is C17H17Cl2N7O4. The zero-order chi connectivity index (χ0) is 21.3. The predicted octanol–water partition coefficient (Wildman–Crippen LogP) is 1.90. The summed E-state index contributed by atoms with van der Waals surface area (Å²) in [6.45, 7) is -0.173. The van der Waals surface area contributed by atoms with Crippen LogP contribution in [0, 0.1) is 0 Å². The molecule has 0 saturated carbocycles. The Balaban J connectivity index is 1.50. The number of carboxylic acid groups (broad SMARTS) is 1. The number of carbonyl (C=O) groups is 1. The van der Waals surface area contributed by atoms with Gasteiger partial charge in [-0.05, 0) is 23.8 Å². The van der Waals surface area contributed by atoms with E-state index in [4.69, 9.17) is 32.9 Å². The molecule has 158 valence electrons. The van der Waals surface area contributed by atoms with Gasteiger partial charge in [0, 0.05) is 24.7 Å². The van der Waals surface area contributed by atoms with Gasteiger partial charge in [-0.15, -0.1) is 10.2 Å². The van der Waals surface area contributed by atoms with Gasteiger partial charge in [-0.3, -0.25) is 19.2 Å². The van der Waals surface area contributed by atoms with E-state index in [0.29, 0.717) is 16.4 Å². The lowest BCUT2D eigenvalue weighted by Crippen LogP contribution is -2.51. The number of nitrogens with zero attached hydrogens (tertiary/aromatic N) is 7. The molecular weight excluding hydrogens is 437 g/mol. The van der Waals surface area contributed by atoms with Crippen LogP contribution in [0.1, 0.15) is 5.56 Å². The van der Waals surface area contributed by atoms with Crippen molar-refractivity contribution in [1.29, 1.82) is 0 Å². The fraction of sp³-hybridized carbons (Fsp3) is 0.294. The average Bonchev–Trinajstić information content (AvgIpc) is 3.34. The van der Waals surface area contributed by atoms with Crippen LogP contribution in [0.25, 0.3) is 5.69 Å². The summed E-state index contributed by atoms with van der Waals surface area (Å²) in [5, 5.41) is 24.9. The highest BCUT2D eigenvalue weighted by atomic mass is 35.5. The van der Waals surface area contributed by atoms with Crippen molar-refractivity contribution in [2.24, 2.45) is 7.05 Å². The molecule has 1 aliphatic heterocycles. The molecule has 0 aliphatic carbocycles. The summed E-state index contributed by atoms with van der Waals surface area (Å²) >= 11 is 12.0. The first kappa shape index (κ1) is 20.6. The summed E-state index contributed by atoms with van der Waals surface area (Å²) in [4.78, 5) is 23.2. The van der Waals surface area contributed by atoms with Crippen LogP contribution < -0.4 is 5.06 Å². The average molecular weight is 454 g/mol. The van der Waals surface area contributed by atoms with Crippen molar-refractivity contribution in [3.63, 3.8) is 0 Å². The van der Waals surface area contributed by atoms with Crippen LogP contribution in [0.15, 0.2) is 36.8 Å². The largest absolute Gasteiger partial charge is 0.480 e. The van der Waals surface area contributed by atoms with Crippen molar-refractivity contribution >= 4 is 34.9 Å². The maximum absolute atomic E-state index is 11.8. The van der Waals surface area contributed by atoms with Gasteiger partial charge >= 0.3 is 5.97 Å². The second kappa shape index (κ2) is 8.58. The Morgan fingerprint density at radius 2 is 2.07 bits per heavy atom. The third kappa shape index (κ3) is 4.40. The smallest absolute Gasteiger partial charge is 0.323 e. The van der Waals surface area contributed by atoms with E-state index in [1.807, 2.05) is 0 Å². The van der Waals surface area contributed by atoms with Crippen molar-refractivity contribution in [1.82, 2.24) is 29.8 Å². The Morgan fingerprint density at radius 1 is 1.23 bits per heavy atom. The highest BCUT2D eigenvalue weighted by Gasteiger charge is 2.32.